The van der Waals surface area contributed by atoms with Crippen molar-refractivity contribution in [1.29, 1.82) is 0 Å². The maximum Gasteiger partial charge on any atom is 0.0502 e. The van der Waals surface area contributed by atoms with E-state index in [-0.39, 0.29) is 0 Å². The molecule has 3 fully saturated rings. The minimum absolute atomic E-state index is 0.781. The number of rotatable bonds is 5. The number of likely N-dealkylation sites (tertiary alicyclic amines) is 1. The van der Waals surface area contributed by atoms with E-state index in [1.165, 1.54) is 64.6 Å². The van der Waals surface area contributed by atoms with E-state index in [1.54, 1.807) is 0 Å². The first kappa shape index (κ1) is 13.8. The molecule has 1 N–H and O–H groups in total. The number of methoxy groups -OCH3 is 1. The Bertz CT molecular complexity index is 270. The van der Waals surface area contributed by atoms with E-state index in [2.05, 4.69) is 10.2 Å². The fraction of sp³-hybridized carbons (Fsp3) is 1.00. The van der Waals surface area contributed by atoms with E-state index in [1.807, 2.05) is 7.11 Å². The molecule has 19 heavy (non-hydrogen) atoms. The Morgan fingerprint density at radius 1 is 1.11 bits per heavy atom. The predicted molar refractivity (Wildman–Crippen MR) is 78.3 cm³/mol. The van der Waals surface area contributed by atoms with Gasteiger partial charge in [-0.2, -0.15) is 0 Å². The molecule has 3 saturated heterocycles. The van der Waals surface area contributed by atoms with Gasteiger partial charge in [-0.1, -0.05) is 0 Å². The second kappa shape index (κ2) is 6.55. The van der Waals surface area contributed by atoms with Crippen LogP contribution < -0.4 is 5.32 Å². The Balaban J connectivity index is 1.39. The highest BCUT2D eigenvalue weighted by molar-refractivity contribution is 4.92. The van der Waals surface area contributed by atoms with E-state index in [0.717, 1.165) is 30.5 Å². The molecule has 0 radical (unpaired) electrons. The average molecular weight is 266 g/mol. The van der Waals surface area contributed by atoms with Gasteiger partial charge in [0.15, 0.2) is 0 Å². The molecule has 3 unspecified atom stereocenters. The van der Waals surface area contributed by atoms with E-state index in [9.17, 15) is 0 Å². The first-order valence-electron chi connectivity index (χ1n) is 8.31. The van der Waals surface area contributed by atoms with Crippen molar-refractivity contribution < 1.29 is 4.74 Å². The predicted octanol–water partition coefficient (Wildman–Crippen LogP) is 2.27. The second-order valence-electron chi connectivity index (χ2n) is 7.03. The van der Waals surface area contributed by atoms with Crippen LogP contribution in [0.1, 0.15) is 44.9 Å². The number of piperidine rings is 2. The molecule has 0 amide bonds. The highest BCUT2D eigenvalue weighted by atomic mass is 16.5. The molecule has 0 aromatic carbocycles. The van der Waals surface area contributed by atoms with E-state index >= 15 is 0 Å². The Morgan fingerprint density at radius 2 is 1.89 bits per heavy atom. The number of nitrogens with zero attached hydrogens (tertiary/aromatic N) is 1. The summed E-state index contributed by atoms with van der Waals surface area (Å²) in [7, 11) is 1.84. The summed E-state index contributed by atoms with van der Waals surface area (Å²) in [5.41, 5.74) is 0. The smallest absolute Gasteiger partial charge is 0.0502 e. The molecule has 110 valence electrons. The van der Waals surface area contributed by atoms with Gasteiger partial charge in [0.1, 0.15) is 0 Å². The number of hydrogen-bond donors (Lipinski definition) is 1. The summed E-state index contributed by atoms with van der Waals surface area (Å²) in [6.45, 7) is 4.86. The van der Waals surface area contributed by atoms with Gasteiger partial charge in [0.2, 0.25) is 0 Å². The fourth-order valence-electron chi connectivity index (χ4n) is 4.50. The van der Waals surface area contributed by atoms with Crippen LogP contribution in [0, 0.1) is 11.8 Å². The van der Waals surface area contributed by atoms with Gasteiger partial charge in [0.25, 0.3) is 0 Å². The summed E-state index contributed by atoms with van der Waals surface area (Å²) in [6, 6.07) is 1.71. The van der Waals surface area contributed by atoms with Crippen LogP contribution in [0.25, 0.3) is 0 Å². The van der Waals surface area contributed by atoms with Crippen LogP contribution in [0.2, 0.25) is 0 Å². The third-order valence-corrected chi connectivity index (χ3v) is 5.43. The SMILES string of the molecule is COCC1CCCN(CCC2CC3CCC(C2)N3)C1. The molecule has 0 saturated carbocycles. The molecule has 3 atom stereocenters. The molecule has 3 aliphatic heterocycles. The third-order valence-electron chi connectivity index (χ3n) is 5.43. The van der Waals surface area contributed by atoms with Crippen molar-refractivity contribution in [2.24, 2.45) is 11.8 Å². The summed E-state index contributed by atoms with van der Waals surface area (Å²) in [5.74, 6) is 1.77. The molecular weight excluding hydrogens is 236 g/mol. The first-order chi connectivity index (χ1) is 9.33. The normalized spacial score (nSPS) is 39.6. The first-order valence-corrected chi connectivity index (χ1v) is 8.31. The molecule has 0 aromatic heterocycles. The van der Waals surface area contributed by atoms with Crippen molar-refractivity contribution in [1.82, 2.24) is 10.2 Å². The zero-order chi connectivity index (χ0) is 13.1. The lowest BCUT2D eigenvalue weighted by atomic mass is 9.89. The quantitative estimate of drug-likeness (QED) is 0.826. The molecule has 3 aliphatic rings. The average Bonchev–Trinajstić information content (AvgIpc) is 2.76. The molecule has 0 aliphatic carbocycles. The van der Waals surface area contributed by atoms with Crippen LogP contribution in [0.4, 0.5) is 0 Å². The molecule has 0 aromatic rings. The van der Waals surface area contributed by atoms with Gasteiger partial charge >= 0.3 is 0 Å². The van der Waals surface area contributed by atoms with Crippen molar-refractivity contribution in [2.75, 3.05) is 33.4 Å². The van der Waals surface area contributed by atoms with Crippen LogP contribution >= 0.6 is 0 Å². The van der Waals surface area contributed by atoms with Crippen LogP contribution in [0.3, 0.4) is 0 Å². The number of ether oxygens (including phenoxy) is 1. The largest absolute Gasteiger partial charge is 0.384 e. The van der Waals surface area contributed by atoms with Crippen molar-refractivity contribution in [3.63, 3.8) is 0 Å². The zero-order valence-electron chi connectivity index (χ0n) is 12.4. The summed E-state index contributed by atoms with van der Waals surface area (Å²) >= 11 is 0. The zero-order valence-corrected chi connectivity index (χ0v) is 12.4. The Hall–Kier alpha value is -0.120. The van der Waals surface area contributed by atoms with Crippen molar-refractivity contribution in [3.8, 4) is 0 Å². The van der Waals surface area contributed by atoms with E-state index < -0.39 is 0 Å². The van der Waals surface area contributed by atoms with E-state index in [0.29, 0.717) is 0 Å². The highest BCUT2D eigenvalue weighted by Crippen LogP contribution is 2.33. The third kappa shape index (κ3) is 3.71. The van der Waals surface area contributed by atoms with Gasteiger partial charge in [-0.15, -0.1) is 0 Å². The molecule has 3 heteroatoms. The Kier molecular flexibility index (Phi) is 4.78. The molecule has 0 spiro atoms. The monoisotopic (exact) mass is 266 g/mol. The second-order valence-corrected chi connectivity index (χ2v) is 7.03. The van der Waals surface area contributed by atoms with Crippen molar-refractivity contribution in [2.45, 2.75) is 57.0 Å². The summed E-state index contributed by atoms with van der Waals surface area (Å²) < 4.78 is 5.33. The lowest BCUT2D eigenvalue weighted by molar-refractivity contribution is 0.0859. The molecule has 3 heterocycles. The number of nitrogens with one attached hydrogen (secondary N) is 1. The molecular formula is C16H30N2O. The van der Waals surface area contributed by atoms with Crippen LogP contribution in [0.15, 0.2) is 0 Å². The maximum absolute atomic E-state index is 5.33. The van der Waals surface area contributed by atoms with Crippen molar-refractivity contribution in [3.05, 3.63) is 0 Å². The van der Waals surface area contributed by atoms with Gasteiger partial charge in [0.05, 0.1) is 6.61 Å². The Morgan fingerprint density at radius 3 is 2.63 bits per heavy atom. The Labute approximate surface area is 118 Å². The summed E-state index contributed by atoms with van der Waals surface area (Å²) in [6.07, 6.45) is 9.89. The molecule has 3 nitrogen and oxygen atoms in total. The molecule has 3 rings (SSSR count). The van der Waals surface area contributed by atoms with E-state index in [4.69, 9.17) is 4.74 Å². The van der Waals surface area contributed by atoms with Crippen LogP contribution in [-0.4, -0.2) is 50.3 Å². The van der Waals surface area contributed by atoms with Gasteiger partial charge < -0.3 is 15.0 Å². The maximum atomic E-state index is 5.33. The van der Waals surface area contributed by atoms with Gasteiger partial charge in [-0.3, -0.25) is 0 Å². The number of fused-ring (bicyclic) bond motifs is 2. The highest BCUT2D eigenvalue weighted by Gasteiger charge is 2.33. The minimum atomic E-state index is 0.781. The lowest BCUT2D eigenvalue weighted by Gasteiger charge is -2.35. The van der Waals surface area contributed by atoms with Crippen LogP contribution in [-0.2, 0) is 4.74 Å². The lowest BCUT2D eigenvalue weighted by Crippen LogP contribution is -2.41. The minimum Gasteiger partial charge on any atom is -0.384 e. The van der Waals surface area contributed by atoms with Crippen molar-refractivity contribution >= 4 is 0 Å². The van der Waals surface area contributed by atoms with Gasteiger partial charge in [-0.25, -0.2) is 0 Å². The fourth-order valence-corrected chi connectivity index (χ4v) is 4.50. The summed E-state index contributed by atoms with van der Waals surface area (Å²) in [4.78, 5) is 2.69. The van der Waals surface area contributed by atoms with Gasteiger partial charge in [-0.05, 0) is 69.9 Å². The summed E-state index contributed by atoms with van der Waals surface area (Å²) in [5, 5.41) is 3.75. The topological polar surface area (TPSA) is 24.5 Å². The van der Waals surface area contributed by atoms with Gasteiger partial charge in [0, 0.05) is 25.7 Å². The van der Waals surface area contributed by atoms with Crippen LogP contribution in [0.5, 0.6) is 0 Å². The standard InChI is InChI=1S/C16H30N2O/c1-19-12-14-3-2-7-18(11-14)8-6-13-9-15-4-5-16(10-13)17-15/h13-17H,2-12H2,1H3. The number of hydrogen-bond acceptors (Lipinski definition) is 3. The molecule has 2 bridgehead atoms.